The summed E-state index contributed by atoms with van der Waals surface area (Å²) >= 11 is 10.3. The number of nitrogens with one attached hydrogen (secondary N) is 1. The highest BCUT2D eigenvalue weighted by atomic mass is 35.5. The fourth-order valence-corrected chi connectivity index (χ4v) is 3.67. The van der Waals surface area contributed by atoms with Crippen LogP contribution in [-0.4, -0.2) is 24.8 Å². The number of nitrogens with zero attached hydrogens (tertiary/aromatic N) is 4. The second-order valence-electron chi connectivity index (χ2n) is 3.60. The van der Waals surface area contributed by atoms with Crippen LogP contribution in [0.4, 0.5) is 0 Å². The molecule has 0 saturated heterocycles. The molecule has 0 unspecified atom stereocenters. The molecule has 0 aliphatic carbocycles. The van der Waals surface area contributed by atoms with Gasteiger partial charge in [0.15, 0.2) is 0 Å². The quantitative estimate of drug-likeness (QED) is 0.728. The summed E-state index contributed by atoms with van der Waals surface area (Å²) < 4.78 is 4.41. The normalized spacial score (nSPS) is 11.0. The van der Waals surface area contributed by atoms with Crippen LogP contribution in [0.2, 0.25) is 4.34 Å². The first-order valence-corrected chi connectivity index (χ1v) is 8.36. The Hall–Kier alpha value is -0.960. The lowest BCUT2D eigenvalue weighted by molar-refractivity contribution is 0.958. The molecular formula is C10H8ClN5S3. The lowest BCUT2D eigenvalue weighted by Crippen LogP contribution is -1.87. The van der Waals surface area contributed by atoms with Crippen molar-refractivity contribution in [2.45, 2.75) is 17.3 Å². The summed E-state index contributed by atoms with van der Waals surface area (Å²) in [7, 11) is 0. The zero-order chi connectivity index (χ0) is 13.1. The van der Waals surface area contributed by atoms with Gasteiger partial charge in [-0.1, -0.05) is 33.9 Å². The predicted octanol–water partition coefficient (Wildman–Crippen LogP) is 3.25. The lowest BCUT2D eigenvalue weighted by atomic mass is 10.3. The predicted molar refractivity (Wildman–Crippen MR) is 78.0 cm³/mol. The van der Waals surface area contributed by atoms with Gasteiger partial charge in [-0.05, 0) is 11.4 Å². The van der Waals surface area contributed by atoms with Crippen molar-refractivity contribution in [2.24, 2.45) is 0 Å². The lowest BCUT2D eigenvalue weighted by Gasteiger charge is -1.92. The van der Waals surface area contributed by atoms with Crippen LogP contribution in [0.25, 0.3) is 0 Å². The minimum absolute atomic E-state index is 0.627. The van der Waals surface area contributed by atoms with Gasteiger partial charge in [0.25, 0.3) is 0 Å². The van der Waals surface area contributed by atoms with E-state index in [-0.39, 0.29) is 0 Å². The van der Waals surface area contributed by atoms with Crippen LogP contribution in [0.3, 0.4) is 0 Å². The Kier molecular flexibility index (Phi) is 4.12. The van der Waals surface area contributed by atoms with E-state index in [4.69, 9.17) is 11.6 Å². The average molecular weight is 330 g/mol. The highest BCUT2D eigenvalue weighted by Crippen LogP contribution is 2.25. The number of H-pyrrole nitrogens is 1. The van der Waals surface area contributed by atoms with Crippen LogP contribution in [0.1, 0.15) is 16.4 Å². The van der Waals surface area contributed by atoms with Crippen molar-refractivity contribution in [3.8, 4) is 0 Å². The fraction of sp³-hybridized carbons (Fsp3) is 0.200. The van der Waals surface area contributed by atoms with E-state index in [0.29, 0.717) is 15.2 Å². The molecule has 3 rings (SSSR count). The Bertz CT molecular complexity index is 648. The third-order valence-corrected chi connectivity index (χ3v) is 5.00. The van der Waals surface area contributed by atoms with Crippen molar-refractivity contribution in [3.63, 3.8) is 0 Å². The Balaban J connectivity index is 1.60. The van der Waals surface area contributed by atoms with E-state index in [9.17, 15) is 0 Å². The molecule has 0 aliphatic rings. The van der Waals surface area contributed by atoms with Crippen LogP contribution < -0.4 is 0 Å². The second-order valence-corrected chi connectivity index (χ2v) is 6.93. The van der Waals surface area contributed by atoms with Crippen molar-refractivity contribution < 1.29 is 0 Å². The summed E-state index contributed by atoms with van der Waals surface area (Å²) in [4.78, 5) is 5.69. The second kappa shape index (κ2) is 6.00. The van der Waals surface area contributed by atoms with Gasteiger partial charge in [-0.3, -0.25) is 5.10 Å². The summed E-state index contributed by atoms with van der Waals surface area (Å²) in [6, 6.07) is 4.12. The molecule has 0 aliphatic heterocycles. The molecule has 0 spiro atoms. The van der Waals surface area contributed by atoms with Crippen LogP contribution >= 0.6 is 46.2 Å². The molecule has 9 heteroatoms. The maximum Gasteiger partial charge on any atom is 0.208 e. The van der Waals surface area contributed by atoms with Crippen molar-refractivity contribution >= 4 is 46.2 Å². The van der Waals surface area contributed by atoms with Crippen LogP contribution in [-0.2, 0) is 12.2 Å². The molecule has 19 heavy (non-hydrogen) atoms. The molecule has 3 heterocycles. The molecule has 3 aromatic heterocycles. The number of halogens is 1. The molecular weight excluding hydrogens is 322 g/mol. The molecule has 1 N–H and O–H groups in total. The van der Waals surface area contributed by atoms with Gasteiger partial charge in [-0.2, -0.15) is 0 Å². The van der Waals surface area contributed by atoms with E-state index in [1.807, 2.05) is 6.07 Å². The van der Waals surface area contributed by atoms with Crippen LogP contribution in [0.5, 0.6) is 0 Å². The van der Waals surface area contributed by atoms with Crippen molar-refractivity contribution in [1.29, 1.82) is 0 Å². The summed E-state index contributed by atoms with van der Waals surface area (Å²) in [5, 5.41) is 13.8. The van der Waals surface area contributed by atoms with E-state index < -0.39 is 0 Å². The summed E-state index contributed by atoms with van der Waals surface area (Å²) in [5.74, 6) is 1.50. The minimum atomic E-state index is 0.627. The van der Waals surface area contributed by atoms with Gasteiger partial charge in [-0.25, -0.2) is 4.98 Å². The van der Waals surface area contributed by atoms with E-state index in [1.165, 1.54) is 28.2 Å². The Labute approximate surface area is 126 Å². The largest absolute Gasteiger partial charge is 0.262 e. The molecule has 0 amide bonds. The number of thioether (sulfide) groups is 1. The maximum absolute atomic E-state index is 5.94. The van der Waals surface area contributed by atoms with Gasteiger partial charge in [0.05, 0.1) is 0 Å². The topological polar surface area (TPSA) is 67.3 Å². The number of aromatic amines is 1. The first-order chi connectivity index (χ1) is 9.31. The summed E-state index contributed by atoms with van der Waals surface area (Å²) in [5.41, 5.74) is 0.779. The van der Waals surface area contributed by atoms with Crippen molar-refractivity contribution in [2.75, 3.05) is 0 Å². The Morgan fingerprint density at radius 3 is 3.11 bits per heavy atom. The van der Waals surface area contributed by atoms with E-state index in [2.05, 4.69) is 36.2 Å². The number of rotatable bonds is 5. The molecule has 0 bridgehead atoms. The minimum Gasteiger partial charge on any atom is -0.262 e. The van der Waals surface area contributed by atoms with E-state index >= 15 is 0 Å². The third-order valence-electron chi connectivity index (χ3n) is 2.28. The summed E-state index contributed by atoms with van der Waals surface area (Å²) in [6.45, 7) is 0. The molecule has 0 fully saturated rings. The number of hydrogen-bond acceptors (Lipinski definition) is 7. The molecule has 0 saturated carbocycles. The van der Waals surface area contributed by atoms with Crippen LogP contribution in [0, 0.1) is 0 Å². The first kappa shape index (κ1) is 13.0. The molecule has 0 aromatic carbocycles. The zero-order valence-corrected chi connectivity index (χ0v) is 12.7. The molecule has 5 nitrogen and oxygen atoms in total. The smallest absolute Gasteiger partial charge is 0.208 e. The van der Waals surface area contributed by atoms with Gasteiger partial charge in [0, 0.05) is 28.6 Å². The van der Waals surface area contributed by atoms with Crippen LogP contribution in [0.15, 0.2) is 22.7 Å². The van der Waals surface area contributed by atoms with Gasteiger partial charge in [0.2, 0.25) is 5.16 Å². The average Bonchev–Trinajstić information content (AvgIpc) is 3.10. The molecule has 0 radical (unpaired) electrons. The molecule has 98 valence electrons. The highest BCUT2D eigenvalue weighted by molar-refractivity contribution is 7.98. The third kappa shape index (κ3) is 3.33. The first-order valence-electron chi connectivity index (χ1n) is 5.34. The van der Waals surface area contributed by atoms with Gasteiger partial charge < -0.3 is 0 Å². The number of thiophene rings is 1. The number of hydrogen-bond donors (Lipinski definition) is 1. The zero-order valence-electron chi connectivity index (χ0n) is 9.54. The molecule has 0 atom stereocenters. The van der Waals surface area contributed by atoms with Crippen molar-refractivity contribution in [3.05, 3.63) is 38.2 Å². The van der Waals surface area contributed by atoms with Gasteiger partial charge in [0.1, 0.15) is 15.9 Å². The Morgan fingerprint density at radius 1 is 1.42 bits per heavy atom. The van der Waals surface area contributed by atoms with Crippen molar-refractivity contribution in [1.82, 2.24) is 24.8 Å². The number of aromatic nitrogens is 5. The van der Waals surface area contributed by atoms with E-state index in [1.54, 1.807) is 11.3 Å². The summed E-state index contributed by atoms with van der Waals surface area (Å²) in [6.07, 6.45) is 0.782. The van der Waals surface area contributed by atoms with Gasteiger partial charge in [-0.15, -0.1) is 21.5 Å². The molecule has 3 aromatic rings. The van der Waals surface area contributed by atoms with E-state index in [0.717, 1.165) is 17.9 Å². The Morgan fingerprint density at radius 2 is 2.37 bits per heavy atom. The monoisotopic (exact) mass is 329 g/mol. The standard InChI is InChI=1S/C10H8ClN5S3/c11-9-7(13-16-19-9)5-18-10-12-8(14-15-10)4-6-2-1-3-17-6/h1-3H,4-5H2,(H,12,14,15). The van der Waals surface area contributed by atoms with Gasteiger partial charge >= 0.3 is 0 Å². The SMILES string of the molecule is Clc1snnc1CSc1n[nH]c(Cc2cccs2)n1. The highest BCUT2D eigenvalue weighted by Gasteiger charge is 2.09. The fourth-order valence-electron chi connectivity index (χ4n) is 1.42. The maximum atomic E-state index is 5.94.